The van der Waals surface area contributed by atoms with E-state index in [0.717, 1.165) is 24.9 Å². The topological polar surface area (TPSA) is 58.3 Å². The first-order valence-electron chi connectivity index (χ1n) is 5.11. The fourth-order valence-electron chi connectivity index (χ4n) is 2.06. The van der Waals surface area contributed by atoms with Gasteiger partial charge in [0, 0.05) is 12.1 Å². The van der Waals surface area contributed by atoms with Crippen molar-refractivity contribution >= 4 is 17.3 Å². The second-order valence-electron chi connectivity index (χ2n) is 4.01. The molecule has 3 nitrogen and oxygen atoms in total. The molecule has 0 spiro atoms. The number of anilines is 1. The van der Waals surface area contributed by atoms with E-state index in [0.29, 0.717) is 17.3 Å². The number of hydrogen-bond donors (Lipinski definition) is 3. The summed E-state index contributed by atoms with van der Waals surface area (Å²) in [5.74, 6) is 0. The molecule has 1 aromatic carbocycles. The molecule has 1 atom stereocenters. The Labute approximate surface area is 94.2 Å². The first-order valence-corrected chi connectivity index (χ1v) is 5.49. The van der Waals surface area contributed by atoms with E-state index in [4.69, 9.17) is 17.3 Å². The Balaban J connectivity index is 2.39. The Morgan fingerprint density at radius 1 is 1.47 bits per heavy atom. The first-order chi connectivity index (χ1) is 7.13. The summed E-state index contributed by atoms with van der Waals surface area (Å²) in [6, 6.07) is 5.40. The minimum absolute atomic E-state index is 0.491. The molecule has 0 amide bonds. The fourth-order valence-corrected chi connectivity index (χ4v) is 2.24. The molecule has 1 aliphatic rings. The lowest BCUT2D eigenvalue weighted by Crippen LogP contribution is -2.43. The molecule has 82 valence electrons. The highest BCUT2D eigenvalue weighted by molar-refractivity contribution is 6.33. The Hall–Kier alpha value is -0.770. The summed E-state index contributed by atoms with van der Waals surface area (Å²) in [6.07, 6.45) is 1.67. The maximum absolute atomic E-state index is 10.4. The third-order valence-electron chi connectivity index (χ3n) is 2.92. The van der Waals surface area contributed by atoms with E-state index in [2.05, 4.69) is 5.32 Å². The zero-order valence-corrected chi connectivity index (χ0v) is 9.22. The SMILES string of the molecule is Nc1c(Cl)cccc1C1(O)CCCNC1. The van der Waals surface area contributed by atoms with Crippen LogP contribution in [0.1, 0.15) is 18.4 Å². The van der Waals surface area contributed by atoms with Gasteiger partial charge in [0.05, 0.1) is 10.7 Å². The number of para-hydroxylation sites is 1. The second kappa shape index (κ2) is 4.00. The minimum atomic E-state index is -0.868. The summed E-state index contributed by atoms with van der Waals surface area (Å²) in [5.41, 5.74) is 6.24. The van der Waals surface area contributed by atoms with Gasteiger partial charge in [-0.25, -0.2) is 0 Å². The van der Waals surface area contributed by atoms with E-state index in [1.54, 1.807) is 6.07 Å². The molecule has 1 heterocycles. The molecule has 0 saturated carbocycles. The predicted molar refractivity (Wildman–Crippen MR) is 61.9 cm³/mol. The number of hydrogen-bond acceptors (Lipinski definition) is 3. The van der Waals surface area contributed by atoms with Crippen molar-refractivity contribution < 1.29 is 5.11 Å². The standard InChI is InChI=1S/C11H15ClN2O/c12-9-4-1-3-8(10(9)13)11(15)5-2-6-14-7-11/h1,3-4,14-15H,2,5-7,13H2. The maximum Gasteiger partial charge on any atom is 0.104 e. The van der Waals surface area contributed by atoms with Gasteiger partial charge in [-0.05, 0) is 25.5 Å². The van der Waals surface area contributed by atoms with Crippen molar-refractivity contribution in [3.63, 3.8) is 0 Å². The second-order valence-corrected chi connectivity index (χ2v) is 4.42. The van der Waals surface area contributed by atoms with Crippen LogP contribution < -0.4 is 11.1 Å². The number of nitrogen functional groups attached to an aromatic ring is 1. The van der Waals surface area contributed by atoms with E-state index >= 15 is 0 Å². The van der Waals surface area contributed by atoms with Gasteiger partial charge < -0.3 is 16.2 Å². The molecule has 1 aromatic rings. The van der Waals surface area contributed by atoms with Crippen LogP contribution in [0.3, 0.4) is 0 Å². The molecule has 15 heavy (non-hydrogen) atoms. The highest BCUT2D eigenvalue weighted by Gasteiger charge is 2.33. The van der Waals surface area contributed by atoms with Gasteiger partial charge in [-0.3, -0.25) is 0 Å². The molecule has 0 bridgehead atoms. The largest absolute Gasteiger partial charge is 0.397 e. The van der Waals surface area contributed by atoms with Gasteiger partial charge in [0.25, 0.3) is 0 Å². The van der Waals surface area contributed by atoms with Crippen molar-refractivity contribution in [1.29, 1.82) is 0 Å². The third kappa shape index (κ3) is 1.95. The summed E-state index contributed by atoms with van der Waals surface area (Å²) >= 11 is 5.94. The lowest BCUT2D eigenvalue weighted by molar-refractivity contribution is 0.0130. The van der Waals surface area contributed by atoms with Crippen LogP contribution >= 0.6 is 11.6 Å². The van der Waals surface area contributed by atoms with E-state index in [-0.39, 0.29) is 0 Å². The molecule has 1 unspecified atom stereocenters. The highest BCUT2D eigenvalue weighted by atomic mass is 35.5. The van der Waals surface area contributed by atoms with Gasteiger partial charge in [-0.1, -0.05) is 23.7 Å². The molecule has 1 aliphatic heterocycles. The molecule has 0 aromatic heterocycles. The monoisotopic (exact) mass is 226 g/mol. The van der Waals surface area contributed by atoms with Crippen LogP contribution in [0.25, 0.3) is 0 Å². The van der Waals surface area contributed by atoms with Crippen molar-refractivity contribution in [3.8, 4) is 0 Å². The number of piperidine rings is 1. The molecule has 1 fully saturated rings. The van der Waals surface area contributed by atoms with Crippen molar-refractivity contribution in [1.82, 2.24) is 5.32 Å². The number of halogens is 1. The molecule has 2 rings (SSSR count). The molecular weight excluding hydrogens is 212 g/mol. The number of nitrogens with one attached hydrogen (secondary N) is 1. The summed E-state index contributed by atoms with van der Waals surface area (Å²) in [4.78, 5) is 0. The van der Waals surface area contributed by atoms with E-state index < -0.39 is 5.60 Å². The minimum Gasteiger partial charge on any atom is -0.397 e. The lowest BCUT2D eigenvalue weighted by atomic mass is 9.86. The summed E-state index contributed by atoms with van der Waals surface area (Å²) in [7, 11) is 0. The first kappa shape index (κ1) is 10.7. The smallest absolute Gasteiger partial charge is 0.104 e. The van der Waals surface area contributed by atoms with Crippen molar-refractivity contribution in [3.05, 3.63) is 28.8 Å². The Bertz CT molecular complexity index is 362. The van der Waals surface area contributed by atoms with Crippen LogP contribution in [0.5, 0.6) is 0 Å². The zero-order chi connectivity index (χ0) is 10.9. The van der Waals surface area contributed by atoms with Gasteiger partial charge in [-0.2, -0.15) is 0 Å². The predicted octanol–water partition coefficient (Wildman–Crippen LogP) is 1.49. The van der Waals surface area contributed by atoms with Gasteiger partial charge in [0.2, 0.25) is 0 Å². The number of β-amino-alcohol motifs (C(OH)–C–C–N with tert-alkyl or cyclic N) is 1. The van der Waals surface area contributed by atoms with Crippen LogP contribution in [0.15, 0.2) is 18.2 Å². The average Bonchev–Trinajstić information content (AvgIpc) is 2.23. The Kier molecular flexibility index (Phi) is 2.87. The average molecular weight is 227 g/mol. The molecule has 0 radical (unpaired) electrons. The number of nitrogens with two attached hydrogens (primary N) is 1. The molecule has 4 N–H and O–H groups in total. The number of rotatable bonds is 1. The maximum atomic E-state index is 10.4. The van der Waals surface area contributed by atoms with Crippen LogP contribution in [-0.2, 0) is 5.60 Å². The molecular formula is C11H15ClN2O. The Morgan fingerprint density at radius 3 is 2.93 bits per heavy atom. The van der Waals surface area contributed by atoms with Crippen molar-refractivity contribution in [2.75, 3.05) is 18.8 Å². The lowest BCUT2D eigenvalue weighted by Gasteiger charge is -2.34. The molecule has 4 heteroatoms. The summed E-state index contributed by atoms with van der Waals surface area (Å²) in [6.45, 7) is 1.49. The van der Waals surface area contributed by atoms with Gasteiger partial charge >= 0.3 is 0 Å². The van der Waals surface area contributed by atoms with Crippen molar-refractivity contribution in [2.45, 2.75) is 18.4 Å². The van der Waals surface area contributed by atoms with Crippen molar-refractivity contribution in [2.24, 2.45) is 0 Å². The Morgan fingerprint density at radius 2 is 2.27 bits per heavy atom. The van der Waals surface area contributed by atoms with Gasteiger partial charge in [0.15, 0.2) is 0 Å². The molecule has 1 saturated heterocycles. The highest BCUT2D eigenvalue weighted by Crippen LogP contribution is 2.35. The number of aliphatic hydroxyl groups is 1. The van der Waals surface area contributed by atoms with Crippen LogP contribution in [0.4, 0.5) is 5.69 Å². The van der Waals surface area contributed by atoms with E-state index in [1.165, 1.54) is 0 Å². The van der Waals surface area contributed by atoms with E-state index in [9.17, 15) is 5.11 Å². The van der Waals surface area contributed by atoms with Crippen LogP contribution in [0.2, 0.25) is 5.02 Å². The van der Waals surface area contributed by atoms with Gasteiger partial charge in [-0.15, -0.1) is 0 Å². The summed E-state index contributed by atoms with van der Waals surface area (Å²) in [5, 5.41) is 14.1. The quantitative estimate of drug-likeness (QED) is 0.636. The fraction of sp³-hybridized carbons (Fsp3) is 0.455. The normalized spacial score (nSPS) is 26.5. The summed E-state index contributed by atoms with van der Waals surface area (Å²) < 4.78 is 0. The van der Waals surface area contributed by atoms with Crippen LogP contribution in [-0.4, -0.2) is 18.2 Å². The van der Waals surface area contributed by atoms with E-state index in [1.807, 2.05) is 12.1 Å². The molecule has 0 aliphatic carbocycles. The van der Waals surface area contributed by atoms with Gasteiger partial charge in [0.1, 0.15) is 5.60 Å². The zero-order valence-electron chi connectivity index (χ0n) is 8.46. The van der Waals surface area contributed by atoms with Crippen LogP contribution in [0, 0.1) is 0 Å². The number of benzene rings is 1. The third-order valence-corrected chi connectivity index (χ3v) is 3.25.